The van der Waals surface area contributed by atoms with Crippen LogP contribution in [-0.4, -0.2) is 12.1 Å². The average Bonchev–Trinajstić information content (AvgIpc) is 2.35. The minimum Gasteiger partial charge on any atom is -0.490 e. The van der Waals surface area contributed by atoms with Gasteiger partial charge in [0.2, 0.25) is 0 Å². The van der Waals surface area contributed by atoms with Gasteiger partial charge in [0.25, 0.3) is 0 Å². The number of hydrogen-bond acceptors (Lipinski definition) is 2. The molecule has 1 N–H and O–H groups in total. The van der Waals surface area contributed by atoms with E-state index in [9.17, 15) is 0 Å². The van der Waals surface area contributed by atoms with Crippen LogP contribution in [0.2, 0.25) is 0 Å². The Labute approximate surface area is 104 Å². The quantitative estimate of drug-likeness (QED) is 0.598. The number of terminal acetylenes is 1. The highest BCUT2D eigenvalue weighted by Crippen LogP contribution is 2.12. The predicted octanol–water partition coefficient (Wildman–Crippen LogP) is 2.75. The zero-order valence-electron chi connectivity index (χ0n) is 10.5. The fourth-order valence-corrected chi connectivity index (χ4v) is 1.23. The van der Waals surface area contributed by atoms with Crippen molar-refractivity contribution in [1.29, 1.82) is 0 Å². The third kappa shape index (κ3) is 4.76. The minimum absolute atomic E-state index is 0.280. The molecule has 0 heterocycles. The van der Waals surface area contributed by atoms with Crippen LogP contribution < -0.4 is 10.1 Å². The Bertz CT molecular complexity index is 398. The van der Waals surface area contributed by atoms with Crippen LogP contribution in [-0.2, 0) is 6.54 Å². The molecular formula is C15H19NO. The van der Waals surface area contributed by atoms with E-state index >= 15 is 0 Å². The summed E-state index contributed by atoms with van der Waals surface area (Å²) in [7, 11) is 0. The lowest BCUT2D eigenvalue weighted by atomic mass is 10.1. The summed E-state index contributed by atoms with van der Waals surface area (Å²) in [6.45, 7) is 8.85. The van der Waals surface area contributed by atoms with Gasteiger partial charge in [-0.25, -0.2) is 0 Å². The number of rotatable bonds is 6. The molecule has 1 aromatic rings. The summed E-state index contributed by atoms with van der Waals surface area (Å²) in [5.41, 5.74) is 0.900. The highest BCUT2D eigenvalue weighted by atomic mass is 16.5. The molecule has 0 radical (unpaired) electrons. The first-order valence-electron chi connectivity index (χ1n) is 5.63. The molecule has 17 heavy (non-hydrogen) atoms. The molecule has 2 heteroatoms. The average molecular weight is 229 g/mol. The number of nitrogens with one attached hydrogen (secondary N) is 1. The fraction of sp³-hybridized carbons (Fsp3) is 0.333. The van der Waals surface area contributed by atoms with Crippen LogP contribution >= 0.6 is 0 Å². The molecule has 0 aromatic heterocycles. The first kappa shape index (κ1) is 13.3. The normalized spacial score (nSPS) is 10.6. The molecule has 0 unspecified atom stereocenters. The van der Waals surface area contributed by atoms with Gasteiger partial charge in [0.05, 0.1) is 5.54 Å². The molecule has 0 aliphatic heterocycles. The van der Waals surface area contributed by atoms with Crippen molar-refractivity contribution in [2.24, 2.45) is 0 Å². The van der Waals surface area contributed by atoms with Gasteiger partial charge in [0.15, 0.2) is 0 Å². The van der Waals surface area contributed by atoms with E-state index in [1.807, 2.05) is 38.1 Å². The van der Waals surface area contributed by atoms with E-state index in [0.717, 1.165) is 12.3 Å². The van der Waals surface area contributed by atoms with Crippen molar-refractivity contribution >= 4 is 0 Å². The van der Waals surface area contributed by atoms with Gasteiger partial charge in [-0.05, 0) is 31.5 Å². The summed E-state index contributed by atoms with van der Waals surface area (Å²) < 4.78 is 5.41. The molecule has 0 amide bonds. The lowest BCUT2D eigenvalue weighted by molar-refractivity contribution is 0.363. The van der Waals surface area contributed by atoms with Crippen LogP contribution in [0.25, 0.3) is 0 Å². The topological polar surface area (TPSA) is 21.3 Å². The summed E-state index contributed by atoms with van der Waals surface area (Å²) in [6, 6.07) is 7.95. The van der Waals surface area contributed by atoms with Gasteiger partial charge in [-0.1, -0.05) is 30.7 Å². The molecule has 0 atom stereocenters. The molecule has 1 rings (SSSR count). The molecule has 0 bridgehead atoms. The third-order valence-electron chi connectivity index (χ3n) is 2.39. The lowest BCUT2D eigenvalue weighted by Gasteiger charge is -2.19. The van der Waals surface area contributed by atoms with Gasteiger partial charge in [-0.2, -0.15) is 0 Å². The largest absolute Gasteiger partial charge is 0.490 e. The zero-order chi connectivity index (χ0) is 12.7. The van der Waals surface area contributed by atoms with Crippen LogP contribution in [0.4, 0.5) is 0 Å². The summed E-state index contributed by atoms with van der Waals surface area (Å²) in [5, 5.41) is 3.29. The Morgan fingerprint density at radius 1 is 1.41 bits per heavy atom. The van der Waals surface area contributed by atoms with E-state index in [0.29, 0.717) is 6.61 Å². The zero-order valence-corrected chi connectivity index (χ0v) is 10.5. The smallest absolute Gasteiger partial charge is 0.119 e. The van der Waals surface area contributed by atoms with Crippen molar-refractivity contribution < 1.29 is 4.74 Å². The van der Waals surface area contributed by atoms with Crippen molar-refractivity contribution in [1.82, 2.24) is 5.32 Å². The van der Waals surface area contributed by atoms with E-state index < -0.39 is 0 Å². The molecule has 2 nitrogen and oxygen atoms in total. The van der Waals surface area contributed by atoms with Gasteiger partial charge < -0.3 is 4.74 Å². The second-order valence-electron chi connectivity index (χ2n) is 4.37. The van der Waals surface area contributed by atoms with Gasteiger partial charge in [0.1, 0.15) is 12.4 Å². The molecule has 90 valence electrons. The van der Waals surface area contributed by atoms with Crippen LogP contribution in [0.1, 0.15) is 19.4 Å². The number of benzene rings is 1. The summed E-state index contributed by atoms with van der Waals surface area (Å²) >= 11 is 0. The molecule has 0 aliphatic carbocycles. The van der Waals surface area contributed by atoms with Crippen molar-refractivity contribution in [3.8, 4) is 18.1 Å². The Hall–Kier alpha value is -1.72. The van der Waals surface area contributed by atoms with Crippen LogP contribution in [0.5, 0.6) is 5.75 Å². The highest BCUT2D eigenvalue weighted by Gasteiger charge is 2.11. The summed E-state index contributed by atoms with van der Waals surface area (Å²) in [4.78, 5) is 0. The Balaban J connectivity index is 2.51. The number of ether oxygens (including phenoxy) is 1. The van der Waals surface area contributed by atoms with E-state index in [-0.39, 0.29) is 5.54 Å². The minimum atomic E-state index is -0.280. The van der Waals surface area contributed by atoms with Gasteiger partial charge in [0, 0.05) is 6.54 Å². The van der Waals surface area contributed by atoms with Crippen LogP contribution in [0.3, 0.4) is 0 Å². The highest BCUT2D eigenvalue weighted by molar-refractivity contribution is 5.27. The van der Waals surface area contributed by atoms with Crippen LogP contribution in [0.15, 0.2) is 36.9 Å². The molecule has 0 saturated heterocycles. The summed E-state index contributed by atoms with van der Waals surface area (Å²) in [5.74, 6) is 3.56. The van der Waals surface area contributed by atoms with E-state index in [4.69, 9.17) is 11.2 Å². The van der Waals surface area contributed by atoms with Crippen molar-refractivity contribution in [2.75, 3.05) is 6.61 Å². The van der Waals surface area contributed by atoms with E-state index in [2.05, 4.69) is 17.8 Å². The SMILES string of the molecule is C#CC(C)(C)NCc1ccc(OCC=C)cc1. The Morgan fingerprint density at radius 3 is 2.59 bits per heavy atom. The maximum atomic E-state index is 5.41. The molecule has 0 saturated carbocycles. The van der Waals surface area contributed by atoms with Gasteiger partial charge in [-0.3, -0.25) is 5.32 Å². The third-order valence-corrected chi connectivity index (χ3v) is 2.39. The van der Waals surface area contributed by atoms with Crippen molar-refractivity contribution in [3.05, 3.63) is 42.5 Å². The second-order valence-corrected chi connectivity index (χ2v) is 4.37. The molecule has 0 aliphatic rings. The molecule has 0 fully saturated rings. The van der Waals surface area contributed by atoms with Crippen LogP contribution in [0, 0.1) is 12.3 Å². The maximum absolute atomic E-state index is 5.41. The summed E-state index contributed by atoms with van der Waals surface area (Å²) in [6.07, 6.45) is 7.13. The first-order chi connectivity index (χ1) is 8.07. The predicted molar refractivity (Wildman–Crippen MR) is 71.9 cm³/mol. The number of hydrogen-bond donors (Lipinski definition) is 1. The van der Waals surface area contributed by atoms with Crippen molar-refractivity contribution in [2.45, 2.75) is 25.9 Å². The molecule has 0 spiro atoms. The standard InChI is InChI=1S/C15H19NO/c1-5-11-17-14-9-7-13(8-10-14)12-16-15(3,4)6-2/h2,5,7-10,16H,1,11-12H2,3-4H3. The molecular weight excluding hydrogens is 210 g/mol. The fourth-order valence-electron chi connectivity index (χ4n) is 1.23. The van der Waals surface area contributed by atoms with Crippen molar-refractivity contribution in [3.63, 3.8) is 0 Å². The van der Waals surface area contributed by atoms with E-state index in [1.54, 1.807) is 6.08 Å². The second kappa shape index (κ2) is 6.12. The van der Waals surface area contributed by atoms with Gasteiger partial charge >= 0.3 is 0 Å². The van der Waals surface area contributed by atoms with Gasteiger partial charge in [-0.15, -0.1) is 6.42 Å². The Morgan fingerprint density at radius 2 is 2.06 bits per heavy atom. The monoisotopic (exact) mass is 229 g/mol. The first-order valence-corrected chi connectivity index (χ1v) is 5.63. The Kier molecular flexibility index (Phi) is 4.81. The molecule has 1 aromatic carbocycles. The van der Waals surface area contributed by atoms with E-state index in [1.165, 1.54) is 5.56 Å². The maximum Gasteiger partial charge on any atom is 0.119 e. The lowest BCUT2D eigenvalue weighted by Crippen LogP contribution is -2.36.